The number of methoxy groups -OCH3 is 1. The Morgan fingerprint density at radius 3 is 2.68 bits per heavy atom. The van der Waals surface area contributed by atoms with Gasteiger partial charge in [0.05, 0.1) is 13.7 Å². The molecule has 1 fully saturated rings. The van der Waals surface area contributed by atoms with Gasteiger partial charge in [-0.05, 0) is 31.3 Å². The van der Waals surface area contributed by atoms with Crippen molar-refractivity contribution in [2.45, 2.75) is 0 Å². The van der Waals surface area contributed by atoms with Gasteiger partial charge in [-0.2, -0.15) is 5.10 Å². The number of hydrogen-bond donors (Lipinski definition) is 1. The first-order chi connectivity index (χ1) is 15.0. The summed E-state index contributed by atoms with van der Waals surface area (Å²) in [7, 11) is 3.47. The first kappa shape index (κ1) is 20.9. The van der Waals surface area contributed by atoms with Crippen LogP contribution in [-0.4, -0.2) is 82.3 Å². The predicted molar refractivity (Wildman–Crippen MR) is 114 cm³/mol. The van der Waals surface area contributed by atoms with Crippen LogP contribution in [-0.2, 0) is 4.79 Å². The Labute approximate surface area is 179 Å². The molecule has 0 bridgehead atoms. The van der Waals surface area contributed by atoms with Gasteiger partial charge in [0.15, 0.2) is 23.2 Å². The molecule has 2 aromatic heterocycles. The Kier molecular flexibility index (Phi) is 6.19. The summed E-state index contributed by atoms with van der Waals surface area (Å²) in [5, 5.41) is 7.04. The predicted octanol–water partition coefficient (Wildman–Crippen LogP) is 1.66. The number of halogens is 1. The molecule has 0 aliphatic carbocycles. The lowest BCUT2D eigenvalue weighted by molar-refractivity contribution is -0.117. The third kappa shape index (κ3) is 5.04. The third-order valence-corrected chi connectivity index (χ3v) is 5.09. The molecule has 0 unspecified atom stereocenters. The van der Waals surface area contributed by atoms with E-state index >= 15 is 0 Å². The van der Waals surface area contributed by atoms with E-state index in [1.165, 1.54) is 19.2 Å². The molecule has 0 atom stereocenters. The lowest BCUT2D eigenvalue weighted by atomic mass is 10.2. The second kappa shape index (κ2) is 9.19. The van der Waals surface area contributed by atoms with E-state index in [4.69, 9.17) is 4.74 Å². The highest BCUT2D eigenvalue weighted by atomic mass is 19.1. The standard InChI is InChI=1S/C21H24FN7O2/c1-27-8-10-28(11-9-27)14-20(30)24-18-13-19(29-7-3-6-23-29)26-21(25-18)15-4-5-17(31-2)16(22)12-15/h3-7,12-13H,8-11,14H2,1-2H3,(H,24,25,26,30). The number of nitrogens with zero attached hydrogens (tertiary/aromatic N) is 6. The molecule has 1 amide bonds. The van der Waals surface area contributed by atoms with Crippen LogP contribution in [0.4, 0.5) is 10.2 Å². The average molecular weight is 425 g/mol. The lowest BCUT2D eigenvalue weighted by Crippen LogP contribution is -2.47. The number of piperazine rings is 1. The molecule has 4 rings (SSSR count). The molecule has 1 aromatic carbocycles. The summed E-state index contributed by atoms with van der Waals surface area (Å²) >= 11 is 0. The minimum atomic E-state index is -0.520. The largest absolute Gasteiger partial charge is 0.494 e. The SMILES string of the molecule is COc1ccc(-c2nc(NC(=O)CN3CCN(C)CC3)cc(-n3cccn3)n2)cc1F. The van der Waals surface area contributed by atoms with Crippen molar-refractivity contribution in [1.29, 1.82) is 0 Å². The third-order valence-electron chi connectivity index (χ3n) is 5.09. The normalized spacial score (nSPS) is 15.1. The van der Waals surface area contributed by atoms with Gasteiger partial charge < -0.3 is 15.0 Å². The molecule has 1 N–H and O–H groups in total. The molecule has 0 spiro atoms. The monoisotopic (exact) mass is 425 g/mol. The summed E-state index contributed by atoms with van der Waals surface area (Å²) in [5.74, 6) is 0.499. The molecular formula is C21H24FN7O2. The second-order valence-corrected chi connectivity index (χ2v) is 7.36. The van der Waals surface area contributed by atoms with Gasteiger partial charge in [0.2, 0.25) is 5.91 Å². The number of anilines is 1. The Hall–Kier alpha value is -3.37. The number of likely N-dealkylation sites (N-methyl/N-ethyl adjacent to an activating group) is 1. The van der Waals surface area contributed by atoms with Crippen LogP contribution in [0.25, 0.3) is 17.2 Å². The van der Waals surface area contributed by atoms with Gasteiger partial charge in [-0.1, -0.05) is 0 Å². The maximum absolute atomic E-state index is 14.2. The Bertz CT molecular complexity index is 1050. The molecule has 1 saturated heterocycles. The number of benzene rings is 1. The van der Waals surface area contributed by atoms with Crippen LogP contribution in [0.5, 0.6) is 5.75 Å². The van der Waals surface area contributed by atoms with Crippen LogP contribution < -0.4 is 10.1 Å². The number of rotatable bonds is 6. The van der Waals surface area contributed by atoms with Crippen LogP contribution in [0.1, 0.15) is 0 Å². The van der Waals surface area contributed by atoms with E-state index in [-0.39, 0.29) is 24.0 Å². The summed E-state index contributed by atoms with van der Waals surface area (Å²) in [6.07, 6.45) is 3.36. The summed E-state index contributed by atoms with van der Waals surface area (Å²) in [5.41, 5.74) is 0.460. The summed E-state index contributed by atoms with van der Waals surface area (Å²) < 4.78 is 20.8. The molecule has 1 aliphatic heterocycles. The number of hydrogen-bond acceptors (Lipinski definition) is 7. The second-order valence-electron chi connectivity index (χ2n) is 7.36. The number of carbonyl (C=O) groups is 1. The highest BCUT2D eigenvalue weighted by molar-refractivity contribution is 5.91. The molecule has 0 saturated carbocycles. The molecule has 1 aliphatic rings. The van der Waals surface area contributed by atoms with Gasteiger partial charge >= 0.3 is 0 Å². The fraction of sp³-hybridized carbons (Fsp3) is 0.333. The molecule has 3 heterocycles. The zero-order valence-corrected chi connectivity index (χ0v) is 17.5. The van der Waals surface area contributed by atoms with E-state index in [2.05, 4.69) is 37.2 Å². The molecule has 0 radical (unpaired) electrons. The van der Waals surface area contributed by atoms with Crippen LogP contribution >= 0.6 is 0 Å². The van der Waals surface area contributed by atoms with Crippen LogP contribution in [0.2, 0.25) is 0 Å². The minimum absolute atomic E-state index is 0.132. The van der Waals surface area contributed by atoms with Crippen LogP contribution in [0, 0.1) is 5.82 Å². The van der Waals surface area contributed by atoms with Gasteiger partial charge in [0.1, 0.15) is 5.82 Å². The van der Waals surface area contributed by atoms with Crippen molar-refractivity contribution in [3.63, 3.8) is 0 Å². The first-order valence-electron chi connectivity index (χ1n) is 9.95. The van der Waals surface area contributed by atoms with Gasteiger partial charge in [-0.15, -0.1) is 0 Å². The Morgan fingerprint density at radius 1 is 1.19 bits per heavy atom. The van der Waals surface area contributed by atoms with E-state index in [1.807, 2.05) is 0 Å². The van der Waals surface area contributed by atoms with Crippen LogP contribution in [0.15, 0.2) is 42.7 Å². The Morgan fingerprint density at radius 2 is 2.00 bits per heavy atom. The zero-order valence-electron chi connectivity index (χ0n) is 17.5. The minimum Gasteiger partial charge on any atom is -0.494 e. The molecular weight excluding hydrogens is 401 g/mol. The van der Waals surface area contributed by atoms with Crippen molar-refractivity contribution in [3.8, 4) is 23.0 Å². The van der Waals surface area contributed by atoms with E-state index in [0.717, 1.165) is 26.2 Å². The van der Waals surface area contributed by atoms with E-state index in [1.54, 1.807) is 35.3 Å². The van der Waals surface area contributed by atoms with E-state index in [9.17, 15) is 9.18 Å². The van der Waals surface area contributed by atoms with Crippen LogP contribution in [0.3, 0.4) is 0 Å². The summed E-state index contributed by atoms with van der Waals surface area (Å²) in [4.78, 5) is 25.9. The highest BCUT2D eigenvalue weighted by Gasteiger charge is 2.18. The summed E-state index contributed by atoms with van der Waals surface area (Å²) in [6, 6.07) is 7.88. The number of aromatic nitrogens is 4. The van der Waals surface area contributed by atoms with Crippen molar-refractivity contribution >= 4 is 11.7 Å². The van der Waals surface area contributed by atoms with E-state index < -0.39 is 5.82 Å². The fourth-order valence-electron chi connectivity index (χ4n) is 3.35. The molecule has 10 heteroatoms. The van der Waals surface area contributed by atoms with Crippen molar-refractivity contribution in [3.05, 3.63) is 48.5 Å². The lowest BCUT2D eigenvalue weighted by Gasteiger charge is -2.31. The maximum atomic E-state index is 14.2. The average Bonchev–Trinajstić information content (AvgIpc) is 3.30. The first-order valence-corrected chi connectivity index (χ1v) is 9.95. The number of ether oxygens (including phenoxy) is 1. The number of carbonyl (C=O) groups excluding carboxylic acids is 1. The van der Waals surface area contributed by atoms with Gasteiger partial charge in [0, 0.05) is 50.2 Å². The van der Waals surface area contributed by atoms with Crippen molar-refractivity contribution in [1.82, 2.24) is 29.5 Å². The zero-order chi connectivity index (χ0) is 21.8. The topological polar surface area (TPSA) is 88.4 Å². The van der Waals surface area contributed by atoms with Gasteiger partial charge in [-0.3, -0.25) is 9.69 Å². The summed E-state index contributed by atoms with van der Waals surface area (Å²) in [6.45, 7) is 3.81. The van der Waals surface area contributed by atoms with Crippen molar-refractivity contribution < 1.29 is 13.9 Å². The molecule has 9 nitrogen and oxygen atoms in total. The van der Waals surface area contributed by atoms with Gasteiger partial charge in [-0.25, -0.2) is 19.0 Å². The Balaban J connectivity index is 1.59. The highest BCUT2D eigenvalue weighted by Crippen LogP contribution is 2.25. The maximum Gasteiger partial charge on any atom is 0.239 e. The quantitative estimate of drug-likeness (QED) is 0.643. The molecule has 3 aromatic rings. The molecule has 31 heavy (non-hydrogen) atoms. The smallest absolute Gasteiger partial charge is 0.239 e. The van der Waals surface area contributed by atoms with E-state index in [0.29, 0.717) is 17.2 Å². The fourth-order valence-corrected chi connectivity index (χ4v) is 3.35. The number of amides is 1. The number of nitrogens with one attached hydrogen (secondary N) is 1. The molecule has 162 valence electrons. The van der Waals surface area contributed by atoms with Gasteiger partial charge in [0.25, 0.3) is 0 Å². The van der Waals surface area contributed by atoms with Crippen molar-refractivity contribution in [2.75, 3.05) is 52.2 Å². The van der Waals surface area contributed by atoms with Crippen molar-refractivity contribution in [2.24, 2.45) is 0 Å².